The number of hydrogen-bond donors (Lipinski definition) is 1. The molecule has 0 aliphatic rings. The molecular weight excluding hydrogens is 849 g/mol. The molecule has 0 aliphatic carbocycles. The summed E-state index contributed by atoms with van der Waals surface area (Å²) in [6, 6.07) is 0. The van der Waals surface area contributed by atoms with Gasteiger partial charge >= 0.3 is 11.9 Å². The van der Waals surface area contributed by atoms with Crippen LogP contribution in [-0.4, -0.2) is 36.4 Å². The maximum atomic E-state index is 12.3. The average Bonchev–Trinajstić information content (AvgIpc) is 3.35. The first kappa shape index (κ1) is 67.4. The summed E-state index contributed by atoms with van der Waals surface area (Å²) >= 11 is 0. The summed E-state index contributed by atoms with van der Waals surface area (Å²) in [6.45, 7) is 4.19. The van der Waals surface area contributed by atoms with Crippen LogP contribution in [-0.2, 0) is 19.1 Å². The smallest absolute Gasteiger partial charge is 0.306 e. The van der Waals surface area contributed by atoms with Gasteiger partial charge in [-0.15, -0.1) is 0 Å². The van der Waals surface area contributed by atoms with E-state index >= 15 is 0 Å². The van der Waals surface area contributed by atoms with Gasteiger partial charge in [0.25, 0.3) is 0 Å². The van der Waals surface area contributed by atoms with Crippen LogP contribution in [0.2, 0.25) is 0 Å². The molecule has 0 aliphatic heterocycles. The van der Waals surface area contributed by atoms with Crippen LogP contribution >= 0.6 is 0 Å². The highest BCUT2D eigenvalue weighted by atomic mass is 16.6. The molecule has 0 saturated heterocycles. The molecule has 0 amide bonds. The Hall–Kier alpha value is -1.62. The van der Waals surface area contributed by atoms with Crippen LogP contribution in [0.4, 0.5) is 0 Å². The van der Waals surface area contributed by atoms with E-state index in [1.54, 1.807) is 0 Å². The second-order valence-electron chi connectivity index (χ2n) is 21.5. The first-order valence-electron chi connectivity index (χ1n) is 31.4. The van der Waals surface area contributed by atoms with Gasteiger partial charge in [-0.2, -0.15) is 0 Å². The summed E-state index contributed by atoms with van der Waals surface area (Å²) < 4.78 is 10.7. The summed E-state index contributed by atoms with van der Waals surface area (Å²) in [7, 11) is 0. The van der Waals surface area contributed by atoms with Crippen molar-refractivity contribution in [2.24, 2.45) is 0 Å². The molecule has 1 unspecified atom stereocenters. The number of allylic oxidation sites excluding steroid dienone is 4. The van der Waals surface area contributed by atoms with E-state index < -0.39 is 6.10 Å². The average molecular weight is 972 g/mol. The van der Waals surface area contributed by atoms with Gasteiger partial charge in [0, 0.05) is 12.8 Å². The third-order valence-corrected chi connectivity index (χ3v) is 14.5. The zero-order valence-corrected chi connectivity index (χ0v) is 46.9. The fraction of sp³-hybridized carbons (Fsp3) is 0.906. The van der Waals surface area contributed by atoms with E-state index in [1.165, 1.54) is 289 Å². The van der Waals surface area contributed by atoms with Gasteiger partial charge in [-0.25, -0.2) is 0 Å². The zero-order valence-electron chi connectivity index (χ0n) is 46.9. The Kier molecular flexibility index (Phi) is 59.3. The first-order chi connectivity index (χ1) is 34.1. The van der Waals surface area contributed by atoms with Crippen LogP contribution in [0.15, 0.2) is 24.3 Å². The molecule has 0 bridgehead atoms. The van der Waals surface area contributed by atoms with Gasteiger partial charge < -0.3 is 14.6 Å². The molecule has 0 rings (SSSR count). The van der Waals surface area contributed by atoms with Crippen LogP contribution < -0.4 is 0 Å². The Balaban J connectivity index is 3.40. The molecule has 0 aromatic rings. The normalized spacial score (nSPS) is 12.2. The number of aliphatic hydroxyl groups excluding tert-OH is 1. The maximum absolute atomic E-state index is 12.3. The van der Waals surface area contributed by atoms with Crippen LogP contribution in [0.1, 0.15) is 354 Å². The minimum absolute atomic E-state index is 0.0589. The topological polar surface area (TPSA) is 72.8 Å². The molecule has 0 saturated carbocycles. The summed E-state index contributed by atoms with van der Waals surface area (Å²) in [4.78, 5) is 24.6. The van der Waals surface area contributed by atoms with Crippen molar-refractivity contribution in [2.75, 3.05) is 13.2 Å². The van der Waals surface area contributed by atoms with Crippen LogP contribution in [0.25, 0.3) is 0 Å². The standard InChI is InChI=1S/C64H122O5/c1-3-5-7-9-11-13-15-17-19-21-23-25-27-29-31-33-34-36-38-40-42-44-46-48-50-52-54-56-58-63(66)68-61-62(60-65)69-64(67)59-57-55-53-51-49-47-45-43-41-39-37-35-32-30-28-26-24-22-20-18-16-14-12-10-8-6-4-2/h16,18,22,24,62,65H,3-15,17,19-21,23,25-61H2,1-2H3/b18-16-,24-22-. The second-order valence-corrected chi connectivity index (χ2v) is 21.5. The third-order valence-electron chi connectivity index (χ3n) is 14.5. The Morgan fingerprint density at radius 2 is 0.580 bits per heavy atom. The number of unbranched alkanes of at least 4 members (excludes halogenated alkanes) is 47. The summed E-state index contributed by atoms with van der Waals surface area (Å²) in [5, 5.41) is 9.68. The molecule has 408 valence electrons. The third kappa shape index (κ3) is 58.8. The van der Waals surface area contributed by atoms with Crippen LogP contribution in [0.5, 0.6) is 0 Å². The monoisotopic (exact) mass is 971 g/mol. The summed E-state index contributed by atoms with van der Waals surface area (Å²) in [5.41, 5.74) is 0. The highest BCUT2D eigenvalue weighted by Crippen LogP contribution is 2.18. The Morgan fingerprint density at radius 3 is 0.855 bits per heavy atom. The number of carbonyl (C=O) groups excluding carboxylic acids is 2. The highest BCUT2D eigenvalue weighted by molar-refractivity contribution is 5.70. The number of rotatable bonds is 59. The lowest BCUT2D eigenvalue weighted by Gasteiger charge is -2.15. The van der Waals surface area contributed by atoms with E-state index in [0.717, 1.165) is 38.5 Å². The SMILES string of the molecule is CCCCCCC/C=C\C/C=C\CCCCCCCCCCCCCCCCCC(=O)OC(CO)COC(=O)CCCCCCCCCCCCCCCCCCCCCCCCCCCCCC. The van der Waals surface area contributed by atoms with E-state index in [4.69, 9.17) is 9.47 Å². The van der Waals surface area contributed by atoms with Crippen molar-refractivity contribution in [2.45, 2.75) is 360 Å². The molecule has 0 aromatic carbocycles. The fourth-order valence-electron chi connectivity index (χ4n) is 9.77. The predicted octanol–water partition coefficient (Wildman–Crippen LogP) is 21.3. The van der Waals surface area contributed by atoms with Crippen molar-refractivity contribution in [3.8, 4) is 0 Å². The molecule has 0 aromatic heterocycles. The molecule has 0 radical (unpaired) electrons. The van der Waals surface area contributed by atoms with E-state index in [2.05, 4.69) is 38.2 Å². The van der Waals surface area contributed by atoms with Crippen LogP contribution in [0.3, 0.4) is 0 Å². The Labute approximate surface area is 432 Å². The quantitative estimate of drug-likeness (QED) is 0.0373. The molecule has 1 atom stereocenters. The molecule has 69 heavy (non-hydrogen) atoms. The Bertz CT molecular complexity index is 1050. The molecule has 5 heteroatoms. The predicted molar refractivity (Wildman–Crippen MR) is 302 cm³/mol. The molecule has 1 N–H and O–H groups in total. The number of carbonyl (C=O) groups is 2. The molecule has 0 spiro atoms. The minimum Gasteiger partial charge on any atom is -0.462 e. The summed E-state index contributed by atoms with van der Waals surface area (Å²) in [6.07, 6.45) is 77.5. The Morgan fingerprint density at radius 1 is 0.333 bits per heavy atom. The minimum atomic E-state index is -0.769. The molecule has 0 heterocycles. The van der Waals surface area contributed by atoms with Gasteiger partial charge in [-0.1, -0.05) is 321 Å². The lowest BCUT2D eigenvalue weighted by molar-refractivity contribution is -0.161. The van der Waals surface area contributed by atoms with Gasteiger partial charge in [0.15, 0.2) is 6.10 Å². The van der Waals surface area contributed by atoms with Crippen molar-refractivity contribution >= 4 is 11.9 Å². The van der Waals surface area contributed by atoms with Gasteiger partial charge in [0.1, 0.15) is 6.61 Å². The number of esters is 2. The first-order valence-corrected chi connectivity index (χ1v) is 31.4. The van der Waals surface area contributed by atoms with Gasteiger partial charge in [0.2, 0.25) is 0 Å². The second kappa shape index (κ2) is 60.7. The van der Waals surface area contributed by atoms with Crippen molar-refractivity contribution in [3.63, 3.8) is 0 Å². The van der Waals surface area contributed by atoms with Gasteiger partial charge in [-0.3, -0.25) is 9.59 Å². The van der Waals surface area contributed by atoms with Crippen molar-refractivity contribution < 1.29 is 24.2 Å². The van der Waals surface area contributed by atoms with Crippen molar-refractivity contribution in [3.05, 3.63) is 24.3 Å². The molecule has 0 fully saturated rings. The van der Waals surface area contributed by atoms with Crippen molar-refractivity contribution in [1.29, 1.82) is 0 Å². The van der Waals surface area contributed by atoms with E-state index in [9.17, 15) is 14.7 Å². The van der Waals surface area contributed by atoms with E-state index in [1.807, 2.05) is 0 Å². The zero-order chi connectivity index (χ0) is 49.9. The summed E-state index contributed by atoms with van der Waals surface area (Å²) in [5.74, 6) is -0.567. The van der Waals surface area contributed by atoms with Crippen molar-refractivity contribution in [1.82, 2.24) is 0 Å². The lowest BCUT2D eigenvalue weighted by Crippen LogP contribution is -2.28. The van der Waals surface area contributed by atoms with E-state index in [0.29, 0.717) is 12.8 Å². The maximum Gasteiger partial charge on any atom is 0.306 e. The fourth-order valence-corrected chi connectivity index (χ4v) is 9.77. The van der Waals surface area contributed by atoms with Gasteiger partial charge in [0.05, 0.1) is 6.61 Å². The van der Waals surface area contributed by atoms with E-state index in [-0.39, 0.29) is 25.2 Å². The number of ether oxygens (including phenoxy) is 2. The molecular formula is C64H122O5. The van der Waals surface area contributed by atoms with Crippen LogP contribution in [0, 0.1) is 0 Å². The van der Waals surface area contributed by atoms with Gasteiger partial charge in [-0.05, 0) is 44.9 Å². The largest absolute Gasteiger partial charge is 0.462 e. The highest BCUT2D eigenvalue weighted by Gasteiger charge is 2.16. The lowest BCUT2D eigenvalue weighted by atomic mass is 10.0. The number of hydrogen-bond acceptors (Lipinski definition) is 5. The molecule has 5 nitrogen and oxygen atoms in total. The number of aliphatic hydroxyl groups is 1.